The SMILES string of the molecule is Cl.Cl.O=C(CCC1CCN(Cc2cccc(C(F)(F)F)c2)CC1)c1ccc2c(c1)CN(Cc1ccc(F)cc1)CCO2. The molecule has 0 aromatic heterocycles. The molecule has 0 spiro atoms. The largest absolute Gasteiger partial charge is 0.492 e. The third-order valence-corrected chi connectivity index (χ3v) is 7.91. The zero-order valence-corrected chi connectivity index (χ0v) is 24.9. The molecule has 1 fully saturated rings. The molecule has 0 amide bonds. The van der Waals surface area contributed by atoms with Crippen LogP contribution in [0.25, 0.3) is 0 Å². The summed E-state index contributed by atoms with van der Waals surface area (Å²) in [6, 6.07) is 17.7. The number of fused-ring (bicyclic) bond motifs is 1. The number of likely N-dealkylation sites (tertiary alicyclic amines) is 1. The van der Waals surface area contributed by atoms with Crippen molar-refractivity contribution in [3.05, 3.63) is 100 Å². The van der Waals surface area contributed by atoms with Crippen LogP contribution in [0.4, 0.5) is 17.6 Å². The molecule has 3 aromatic carbocycles. The molecule has 0 aliphatic carbocycles. The maximum atomic E-state index is 13.3. The lowest BCUT2D eigenvalue weighted by atomic mass is 9.90. The number of nitrogens with zero attached hydrogens (tertiary/aromatic N) is 2. The van der Waals surface area contributed by atoms with Gasteiger partial charge in [0.15, 0.2) is 5.78 Å². The average Bonchev–Trinajstić information content (AvgIpc) is 3.14. The predicted molar refractivity (Wildman–Crippen MR) is 160 cm³/mol. The van der Waals surface area contributed by atoms with Crippen LogP contribution in [0.5, 0.6) is 5.75 Å². The number of benzene rings is 3. The van der Waals surface area contributed by atoms with E-state index < -0.39 is 11.7 Å². The summed E-state index contributed by atoms with van der Waals surface area (Å²) in [5.41, 5.74) is 2.76. The number of halogens is 6. The lowest BCUT2D eigenvalue weighted by molar-refractivity contribution is -0.137. The molecule has 0 radical (unpaired) electrons. The molecule has 1 saturated heterocycles. The van der Waals surface area contributed by atoms with Crippen molar-refractivity contribution < 1.29 is 27.1 Å². The van der Waals surface area contributed by atoms with Gasteiger partial charge in [0.25, 0.3) is 0 Å². The Bertz CT molecular complexity index is 1310. The van der Waals surface area contributed by atoms with E-state index in [4.69, 9.17) is 4.74 Å². The van der Waals surface area contributed by atoms with E-state index in [-0.39, 0.29) is 36.4 Å². The zero-order valence-electron chi connectivity index (χ0n) is 23.2. The second-order valence-corrected chi connectivity index (χ2v) is 10.9. The molecular formula is C32H36Cl2F4N2O2. The van der Waals surface area contributed by atoms with Crippen molar-refractivity contribution in [3.63, 3.8) is 0 Å². The number of carbonyl (C=O) groups excluding carboxylic acids is 1. The number of hydrogen-bond acceptors (Lipinski definition) is 4. The highest BCUT2D eigenvalue weighted by Gasteiger charge is 2.30. The van der Waals surface area contributed by atoms with Crippen LogP contribution in [-0.2, 0) is 25.8 Å². The molecule has 42 heavy (non-hydrogen) atoms. The van der Waals surface area contributed by atoms with Crippen molar-refractivity contribution in [2.24, 2.45) is 5.92 Å². The number of ether oxygens (including phenoxy) is 1. The Morgan fingerprint density at radius 1 is 0.857 bits per heavy atom. The topological polar surface area (TPSA) is 32.8 Å². The number of Topliss-reactive ketones (excluding diaryl/α,β-unsaturated/α-hetero) is 1. The van der Waals surface area contributed by atoms with Crippen LogP contribution in [-0.4, -0.2) is 41.8 Å². The summed E-state index contributed by atoms with van der Waals surface area (Å²) < 4.78 is 58.3. The maximum absolute atomic E-state index is 13.3. The molecule has 0 saturated carbocycles. The number of alkyl halides is 3. The lowest BCUT2D eigenvalue weighted by Gasteiger charge is -2.32. The van der Waals surface area contributed by atoms with Crippen LogP contribution >= 0.6 is 24.8 Å². The third-order valence-electron chi connectivity index (χ3n) is 7.91. The Balaban J connectivity index is 0.00000242. The van der Waals surface area contributed by atoms with E-state index in [9.17, 15) is 22.4 Å². The number of rotatable bonds is 8. The summed E-state index contributed by atoms with van der Waals surface area (Å²) in [6.07, 6.45) is -1.19. The van der Waals surface area contributed by atoms with Crippen molar-refractivity contribution >= 4 is 30.6 Å². The maximum Gasteiger partial charge on any atom is 0.416 e. The molecule has 0 bridgehead atoms. The molecule has 2 heterocycles. The van der Waals surface area contributed by atoms with Gasteiger partial charge in [0, 0.05) is 43.7 Å². The molecule has 2 aliphatic rings. The second kappa shape index (κ2) is 15.2. The first kappa shape index (κ1) is 33.8. The predicted octanol–water partition coefficient (Wildman–Crippen LogP) is 7.96. The summed E-state index contributed by atoms with van der Waals surface area (Å²) in [4.78, 5) is 17.5. The van der Waals surface area contributed by atoms with Gasteiger partial charge in [-0.2, -0.15) is 13.2 Å². The number of carbonyl (C=O) groups is 1. The molecule has 228 valence electrons. The van der Waals surface area contributed by atoms with Gasteiger partial charge >= 0.3 is 6.18 Å². The van der Waals surface area contributed by atoms with Crippen LogP contribution in [0.15, 0.2) is 66.7 Å². The Morgan fingerprint density at radius 2 is 1.57 bits per heavy atom. The fraction of sp³-hybridized carbons (Fsp3) is 0.406. The van der Waals surface area contributed by atoms with Gasteiger partial charge in [-0.25, -0.2) is 4.39 Å². The third kappa shape index (κ3) is 9.17. The fourth-order valence-electron chi connectivity index (χ4n) is 5.62. The van der Waals surface area contributed by atoms with Crippen LogP contribution in [0.3, 0.4) is 0 Å². The van der Waals surface area contributed by atoms with Gasteiger partial charge in [-0.05, 0) is 85.8 Å². The first-order chi connectivity index (χ1) is 19.2. The first-order valence-electron chi connectivity index (χ1n) is 13.9. The normalized spacial score (nSPS) is 16.4. The minimum atomic E-state index is -4.33. The van der Waals surface area contributed by atoms with E-state index in [0.29, 0.717) is 49.7 Å². The van der Waals surface area contributed by atoms with Gasteiger partial charge in [-0.3, -0.25) is 14.6 Å². The van der Waals surface area contributed by atoms with E-state index in [0.717, 1.165) is 61.8 Å². The molecule has 0 unspecified atom stereocenters. The van der Waals surface area contributed by atoms with Crippen molar-refractivity contribution in [2.45, 2.75) is 51.5 Å². The van der Waals surface area contributed by atoms with Gasteiger partial charge in [0.05, 0.1) is 5.56 Å². The van der Waals surface area contributed by atoms with Crippen molar-refractivity contribution in [2.75, 3.05) is 26.2 Å². The van der Waals surface area contributed by atoms with Crippen LogP contribution < -0.4 is 4.74 Å². The summed E-state index contributed by atoms with van der Waals surface area (Å²) in [5.74, 6) is 1.09. The highest BCUT2D eigenvalue weighted by Crippen LogP contribution is 2.31. The van der Waals surface area contributed by atoms with E-state index >= 15 is 0 Å². The van der Waals surface area contributed by atoms with Gasteiger partial charge in [-0.15, -0.1) is 24.8 Å². The fourth-order valence-corrected chi connectivity index (χ4v) is 5.62. The van der Waals surface area contributed by atoms with Gasteiger partial charge in [0.1, 0.15) is 18.2 Å². The van der Waals surface area contributed by atoms with Gasteiger partial charge in [0.2, 0.25) is 0 Å². The molecule has 4 nitrogen and oxygen atoms in total. The molecule has 2 aliphatic heterocycles. The van der Waals surface area contributed by atoms with Crippen molar-refractivity contribution in [1.82, 2.24) is 9.80 Å². The zero-order chi connectivity index (χ0) is 28.1. The smallest absolute Gasteiger partial charge is 0.416 e. The van der Waals surface area contributed by atoms with Gasteiger partial charge in [-0.1, -0.05) is 30.3 Å². The standard InChI is InChI=1S/C32H34F4N2O2.2ClH/c33-29-8-4-24(5-9-29)20-38-16-17-40-31-11-7-26(19-27(31)22-38)30(39)10-6-23-12-14-37(15-13-23)21-25-2-1-3-28(18-25)32(34,35)36;;/h1-5,7-9,11,18-19,23H,6,10,12-17,20-22H2;2*1H. The lowest BCUT2D eigenvalue weighted by Crippen LogP contribution is -2.33. The Kier molecular flexibility index (Phi) is 12.2. The number of hydrogen-bond donors (Lipinski definition) is 0. The monoisotopic (exact) mass is 626 g/mol. The van der Waals surface area contributed by atoms with Crippen LogP contribution in [0.2, 0.25) is 0 Å². The van der Waals surface area contributed by atoms with Crippen LogP contribution in [0, 0.1) is 11.7 Å². The van der Waals surface area contributed by atoms with E-state index in [1.54, 1.807) is 18.2 Å². The first-order valence-corrected chi connectivity index (χ1v) is 13.9. The molecule has 0 atom stereocenters. The van der Waals surface area contributed by atoms with E-state index in [1.165, 1.54) is 24.3 Å². The Hall–Kier alpha value is -2.65. The van der Waals surface area contributed by atoms with E-state index in [1.807, 2.05) is 18.2 Å². The second-order valence-electron chi connectivity index (χ2n) is 10.9. The summed E-state index contributed by atoms with van der Waals surface area (Å²) in [6.45, 7) is 4.75. The van der Waals surface area contributed by atoms with Gasteiger partial charge < -0.3 is 4.74 Å². The molecule has 10 heteroatoms. The quantitative estimate of drug-likeness (QED) is 0.188. The minimum absolute atomic E-state index is 0. The number of ketones is 1. The summed E-state index contributed by atoms with van der Waals surface area (Å²) in [7, 11) is 0. The number of piperidine rings is 1. The highest BCUT2D eigenvalue weighted by molar-refractivity contribution is 5.96. The van der Waals surface area contributed by atoms with Crippen molar-refractivity contribution in [3.8, 4) is 5.75 Å². The van der Waals surface area contributed by atoms with Crippen molar-refractivity contribution in [1.29, 1.82) is 0 Å². The highest BCUT2D eigenvalue weighted by atomic mass is 35.5. The molecule has 0 N–H and O–H groups in total. The summed E-state index contributed by atoms with van der Waals surface area (Å²) >= 11 is 0. The Morgan fingerprint density at radius 3 is 2.29 bits per heavy atom. The summed E-state index contributed by atoms with van der Waals surface area (Å²) in [5, 5.41) is 0. The van der Waals surface area contributed by atoms with Crippen LogP contribution in [0.1, 0.15) is 58.3 Å². The minimum Gasteiger partial charge on any atom is -0.492 e. The molecule has 3 aromatic rings. The molecule has 5 rings (SSSR count). The Labute approximate surface area is 256 Å². The average molecular weight is 628 g/mol. The molecular weight excluding hydrogens is 591 g/mol. The van der Waals surface area contributed by atoms with E-state index in [2.05, 4.69) is 9.80 Å².